The zero-order valence-corrected chi connectivity index (χ0v) is 18.0. The summed E-state index contributed by atoms with van der Waals surface area (Å²) in [7, 11) is 0. The normalized spacial score (nSPS) is 15.6. The van der Waals surface area contributed by atoms with Crippen molar-refractivity contribution in [3.63, 3.8) is 0 Å². The van der Waals surface area contributed by atoms with Crippen molar-refractivity contribution in [2.45, 2.75) is 40.2 Å². The van der Waals surface area contributed by atoms with Gasteiger partial charge >= 0.3 is 0 Å². The SMILES string of the molecule is Cc1cc(C)n(-c2ccc(NC(=O)C3CCN(Cc4cnc(C)s4)CC3)cc2)n1. The maximum Gasteiger partial charge on any atom is 0.227 e. The van der Waals surface area contributed by atoms with Gasteiger partial charge in [0.05, 0.1) is 16.4 Å². The van der Waals surface area contributed by atoms with Gasteiger partial charge in [-0.2, -0.15) is 5.10 Å². The topological polar surface area (TPSA) is 63.1 Å². The molecule has 1 aliphatic heterocycles. The lowest BCUT2D eigenvalue weighted by Gasteiger charge is -2.30. The van der Waals surface area contributed by atoms with Gasteiger partial charge in [-0.05, 0) is 77.0 Å². The van der Waals surface area contributed by atoms with E-state index in [9.17, 15) is 4.79 Å². The Morgan fingerprint density at radius 1 is 1.17 bits per heavy atom. The molecule has 0 spiro atoms. The Morgan fingerprint density at radius 2 is 1.90 bits per heavy atom. The Kier molecular flexibility index (Phi) is 5.78. The standard InChI is InChI=1S/C22H27N5OS/c1-15-12-16(2)27(25-15)20-6-4-19(5-7-20)24-22(28)18-8-10-26(11-9-18)14-21-13-23-17(3)29-21/h4-7,12-13,18H,8-11,14H2,1-3H3,(H,24,28). The number of likely N-dealkylation sites (tertiary alicyclic amines) is 1. The van der Waals surface area contributed by atoms with Crippen LogP contribution in [-0.2, 0) is 11.3 Å². The number of aromatic nitrogens is 3. The zero-order valence-electron chi connectivity index (χ0n) is 17.2. The fourth-order valence-corrected chi connectivity index (χ4v) is 4.71. The molecule has 1 saturated heterocycles. The molecule has 1 fully saturated rings. The van der Waals surface area contributed by atoms with Crippen molar-refractivity contribution in [2.24, 2.45) is 5.92 Å². The number of thiazole rings is 1. The second-order valence-electron chi connectivity index (χ2n) is 7.77. The predicted molar refractivity (Wildman–Crippen MR) is 117 cm³/mol. The van der Waals surface area contributed by atoms with Crippen LogP contribution in [0.2, 0.25) is 0 Å². The molecule has 0 radical (unpaired) electrons. The highest BCUT2D eigenvalue weighted by Crippen LogP contribution is 2.23. The van der Waals surface area contributed by atoms with E-state index in [0.29, 0.717) is 0 Å². The number of rotatable bonds is 5. The van der Waals surface area contributed by atoms with Gasteiger partial charge in [0.2, 0.25) is 5.91 Å². The number of benzene rings is 1. The molecule has 2 aromatic heterocycles. The van der Waals surface area contributed by atoms with E-state index in [0.717, 1.165) is 60.2 Å². The fourth-order valence-electron chi connectivity index (χ4n) is 3.87. The summed E-state index contributed by atoms with van der Waals surface area (Å²) in [5.41, 5.74) is 3.93. The van der Waals surface area contributed by atoms with Crippen molar-refractivity contribution in [2.75, 3.05) is 18.4 Å². The van der Waals surface area contributed by atoms with Gasteiger partial charge in [-0.15, -0.1) is 11.3 Å². The van der Waals surface area contributed by atoms with Crippen molar-refractivity contribution in [3.05, 3.63) is 57.8 Å². The van der Waals surface area contributed by atoms with Crippen LogP contribution in [0.25, 0.3) is 5.69 Å². The fraction of sp³-hybridized carbons (Fsp3) is 0.409. The number of hydrogen-bond acceptors (Lipinski definition) is 5. The number of nitrogens with zero attached hydrogens (tertiary/aromatic N) is 4. The van der Waals surface area contributed by atoms with Crippen LogP contribution in [0, 0.1) is 26.7 Å². The summed E-state index contributed by atoms with van der Waals surface area (Å²) in [6.45, 7) is 8.90. The van der Waals surface area contributed by atoms with E-state index in [4.69, 9.17) is 0 Å². The molecule has 1 amide bonds. The minimum atomic E-state index is 0.0742. The predicted octanol–water partition coefficient (Wildman–Crippen LogP) is 4.10. The number of aryl methyl sites for hydroxylation is 3. The molecule has 1 aromatic carbocycles. The number of nitrogens with one attached hydrogen (secondary N) is 1. The molecule has 0 aliphatic carbocycles. The van der Waals surface area contributed by atoms with Crippen LogP contribution >= 0.6 is 11.3 Å². The number of piperidine rings is 1. The molecular weight excluding hydrogens is 382 g/mol. The van der Waals surface area contributed by atoms with E-state index in [1.165, 1.54) is 4.88 Å². The number of hydrogen-bond donors (Lipinski definition) is 1. The molecule has 1 N–H and O–H groups in total. The van der Waals surface area contributed by atoms with Crippen LogP contribution in [0.5, 0.6) is 0 Å². The monoisotopic (exact) mass is 409 g/mol. The molecule has 6 nitrogen and oxygen atoms in total. The van der Waals surface area contributed by atoms with E-state index in [1.54, 1.807) is 11.3 Å². The maximum absolute atomic E-state index is 12.7. The van der Waals surface area contributed by atoms with Crippen LogP contribution in [0.4, 0.5) is 5.69 Å². The van der Waals surface area contributed by atoms with E-state index in [2.05, 4.69) is 26.4 Å². The van der Waals surface area contributed by atoms with Gasteiger partial charge in [0.15, 0.2) is 0 Å². The summed E-state index contributed by atoms with van der Waals surface area (Å²) < 4.78 is 1.92. The van der Waals surface area contributed by atoms with Gasteiger partial charge in [0.1, 0.15) is 0 Å². The van der Waals surface area contributed by atoms with Gasteiger partial charge in [-0.3, -0.25) is 9.69 Å². The summed E-state index contributed by atoms with van der Waals surface area (Å²) in [6, 6.07) is 9.94. The average molecular weight is 410 g/mol. The molecule has 152 valence electrons. The number of carbonyl (C=O) groups is 1. The Morgan fingerprint density at radius 3 is 2.48 bits per heavy atom. The molecular formula is C22H27N5OS. The molecule has 3 heterocycles. The molecule has 0 bridgehead atoms. The van der Waals surface area contributed by atoms with Crippen molar-refractivity contribution in [3.8, 4) is 5.69 Å². The van der Waals surface area contributed by atoms with Crippen LogP contribution in [0.1, 0.15) is 34.1 Å². The minimum absolute atomic E-state index is 0.0742. The second kappa shape index (κ2) is 8.47. The van der Waals surface area contributed by atoms with Crippen molar-refractivity contribution >= 4 is 22.9 Å². The van der Waals surface area contributed by atoms with Gasteiger partial charge in [-0.1, -0.05) is 0 Å². The van der Waals surface area contributed by atoms with Crippen molar-refractivity contribution in [1.82, 2.24) is 19.7 Å². The quantitative estimate of drug-likeness (QED) is 0.689. The van der Waals surface area contributed by atoms with Gasteiger partial charge < -0.3 is 5.32 Å². The first-order valence-electron chi connectivity index (χ1n) is 10.1. The Balaban J connectivity index is 1.30. The first-order chi connectivity index (χ1) is 14.0. The van der Waals surface area contributed by atoms with Crippen LogP contribution in [0.3, 0.4) is 0 Å². The number of carbonyl (C=O) groups excluding carboxylic acids is 1. The largest absolute Gasteiger partial charge is 0.326 e. The smallest absolute Gasteiger partial charge is 0.227 e. The van der Waals surface area contributed by atoms with E-state index in [1.807, 2.05) is 55.9 Å². The first-order valence-corrected chi connectivity index (χ1v) is 10.9. The summed E-state index contributed by atoms with van der Waals surface area (Å²) in [5.74, 6) is 0.197. The van der Waals surface area contributed by atoms with Gasteiger partial charge in [0.25, 0.3) is 0 Å². The maximum atomic E-state index is 12.7. The van der Waals surface area contributed by atoms with Crippen LogP contribution < -0.4 is 5.32 Å². The molecule has 0 atom stereocenters. The zero-order chi connectivity index (χ0) is 20.4. The van der Waals surface area contributed by atoms with E-state index >= 15 is 0 Å². The van der Waals surface area contributed by atoms with E-state index < -0.39 is 0 Å². The molecule has 7 heteroatoms. The highest BCUT2D eigenvalue weighted by molar-refractivity contribution is 7.11. The summed E-state index contributed by atoms with van der Waals surface area (Å²) in [6.07, 6.45) is 3.76. The minimum Gasteiger partial charge on any atom is -0.326 e. The summed E-state index contributed by atoms with van der Waals surface area (Å²) in [5, 5.41) is 8.70. The molecule has 0 unspecified atom stereocenters. The third-order valence-corrected chi connectivity index (χ3v) is 6.29. The summed E-state index contributed by atoms with van der Waals surface area (Å²) in [4.78, 5) is 20.7. The number of amides is 1. The molecule has 1 aliphatic rings. The molecule has 3 aromatic rings. The third kappa shape index (κ3) is 4.74. The Labute approximate surface area is 175 Å². The molecule has 4 rings (SSSR count). The lowest BCUT2D eigenvalue weighted by Crippen LogP contribution is -2.37. The van der Waals surface area contributed by atoms with Gasteiger partial charge in [0, 0.05) is 34.9 Å². The van der Waals surface area contributed by atoms with E-state index in [-0.39, 0.29) is 11.8 Å². The number of anilines is 1. The average Bonchev–Trinajstić information content (AvgIpc) is 3.27. The first kappa shape index (κ1) is 19.8. The summed E-state index contributed by atoms with van der Waals surface area (Å²) >= 11 is 1.75. The molecule has 0 saturated carbocycles. The van der Waals surface area contributed by atoms with Crippen LogP contribution in [-0.4, -0.2) is 38.7 Å². The van der Waals surface area contributed by atoms with Crippen LogP contribution in [0.15, 0.2) is 36.5 Å². The molecule has 29 heavy (non-hydrogen) atoms. The third-order valence-electron chi connectivity index (χ3n) is 5.40. The highest BCUT2D eigenvalue weighted by atomic mass is 32.1. The Hall–Kier alpha value is -2.51. The van der Waals surface area contributed by atoms with Crippen molar-refractivity contribution in [1.29, 1.82) is 0 Å². The lowest BCUT2D eigenvalue weighted by atomic mass is 9.96. The second-order valence-corrected chi connectivity index (χ2v) is 9.09. The van der Waals surface area contributed by atoms with Gasteiger partial charge in [-0.25, -0.2) is 9.67 Å². The lowest BCUT2D eigenvalue weighted by molar-refractivity contribution is -0.121. The van der Waals surface area contributed by atoms with Crippen molar-refractivity contribution < 1.29 is 4.79 Å². The Bertz CT molecular complexity index is 983. The highest BCUT2D eigenvalue weighted by Gasteiger charge is 2.25.